The summed E-state index contributed by atoms with van der Waals surface area (Å²) in [6, 6.07) is 9.43. The number of nitriles is 1. The first-order valence-electron chi connectivity index (χ1n) is 7.84. The highest BCUT2D eigenvalue weighted by atomic mass is 16.1. The van der Waals surface area contributed by atoms with Crippen molar-refractivity contribution < 1.29 is 4.79 Å². The van der Waals surface area contributed by atoms with Gasteiger partial charge in [0.15, 0.2) is 0 Å². The summed E-state index contributed by atoms with van der Waals surface area (Å²) in [6.07, 6.45) is 1.49. The Kier molecular flexibility index (Phi) is 6.60. The number of carbonyl (C=O) groups excluding carboxylic acids is 1. The summed E-state index contributed by atoms with van der Waals surface area (Å²) >= 11 is 0. The summed E-state index contributed by atoms with van der Waals surface area (Å²) in [4.78, 5) is 14.4. The number of nitrogens with one attached hydrogen (secondary N) is 3. The zero-order valence-corrected chi connectivity index (χ0v) is 13.4. The second kappa shape index (κ2) is 8.93. The molecule has 0 spiro atoms. The molecule has 1 heterocycles. The van der Waals surface area contributed by atoms with Crippen LogP contribution in [0.15, 0.2) is 36.0 Å². The molecule has 6 nitrogen and oxygen atoms in total. The van der Waals surface area contributed by atoms with Crippen LogP contribution in [0.3, 0.4) is 0 Å². The Bertz CT molecular complexity index is 599. The minimum Gasteiger partial charge on any atom is -0.388 e. The quantitative estimate of drug-likeness (QED) is 0.412. The first-order valence-corrected chi connectivity index (χ1v) is 7.84. The zero-order valence-electron chi connectivity index (χ0n) is 13.4. The molecule has 6 heteroatoms. The lowest BCUT2D eigenvalue weighted by Gasteiger charge is -2.26. The Labute approximate surface area is 137 Å². The standard InChI is InChI=1S/C17H23N5O/c1-14-3-2-4-16(11-14)21-17(23)15(12-18)13-20-7-10-22-8-5-19-6-9-22/h2-4,11,13,19-20H,5-10H2,1H3,(H,21,23)/b15-13-. The van der Waals surface area contributed by atoms with Crippen LogP contribution in [0.5, 0.6) is 0 Å². The Morgan fingerprint density at radius 1 is 1.43 bits per heavy atom. The molecule has 1 aromatic rings. The molecule has 1 saturated heterocycles. The second-order valence-corrected chi connectivity index (χ2v) is 5.54. The van der Waals surface area contributed by atoms with Gasteiger partial charge in [-0.15, -0.1) is 0 Å². The highest BCUT2D eigenvalue weighted by Crippen LogP contribution is 2.10. The maximum Gasteiger partial charge on any atom is 0.267 e. The molecule has 2 rings (SSSR count). The molecule has 1 fully saturated rings. The number of hydrogen-bond donors (Lipinski definition) is 3. The smallest absolute Gasteiger partial charge is 0.267 e. The van der Waals surface area contributed by atoms with Crippen LogP contribution in [0.1, 0.15) is 5.56 Å². The van der Waals surface area contributed by atoms with Crippen molar-refractivity contribution >= 4 is 11.6 Å². The molecule has 1 aliphatic rings. The van der Waals surface area contributed by atoms with Gasteiger partial charge in [-0.2, -0.15) is 5.26 Å². The summed E-state index contributed by atoms with van der Waals surface area (Å²) in [5, 5.41) is 18.2. The van der Waals surface area contributed by atoms with Crippen LogP contribution in [-0.4, -0.2) is 50.1 Å². The van der Waals surface area contributed by atoms with E-state index in [0.29, 0.717) is 12.2 Å². The van der Waals surface area contributed by atoms with Crippen molar-refractivity contribution in [3.05, 3.63) is 41.6 Å². The van der Waals surface area contributed by atoms with Gasteiger partial charge in [0.1, 0.15) is 11.6 Å². The fraction of sp³-hybridized carbons (Fsp3) is 0.412. The van der Waals surface area contributed by atoms with E-state index in [1.54, 1.807) is 6.07 Å². The van der Waals surface area contributed by atoms with E-state index in [-0.39, 0.29) is 5.57 Å². The van der Waals surface area contributed by atoms with Crippen LogP contribution in [0.4, 0.5) is 5.69 Å². The summed E-state index contributed by atoms with van der Waals surface area (Å²) in [5.41, 5.74) is 1.82. The van der Waals surface area contributed by atoms with Crippen molar-refractivity contribution in [3.8, 4) is 6.07 Å². The summed E-state index contributed by atoms with van der Waals surface area (Å²) in [7, 11) is 0. The molecule has 0 aliphatic carbocycles. The van der Waals surface area contributed by atoms with Gasteiger partial charge in [0.25, 0.3) is 5.91 Å². The van der Waals surface area contributed by atoms with E-state index in [1.165, 1.54) is 6.20 Å². The molecule has 0 atom stereocenters. The van der Waals surface area contributed by atoms with Gasteiger partial charge in [0, 0.05) is 51.2 Å². The van der Waals surface area contributed by atoms with Crippen LogP contribution in [0, 0.1) is 18.3 Å². The maximum absolute atomic E-state index is 12.1. The molecule has 0 aromatic heterocycles. The van der Waals surface area contributed by atoms with Crippen LogP contribution in [0.2, 0.25) is 0 Å². The second-order valence-electron chi connectivity index (χ2n) is 5.54. The van der Waals surface area contributed by atoms with E-state index in [4.69, 9.17) is 5.26 Å². The van der Waals surface area contributed by atoms with E-state index in [1.807, 2.05) is 31.2 Å². The SMILES string of the molecule is Cc1cccc(NC(=O)/C(C#N)=C\NCCN2CCNCC2)c1. The fourth-order valence-corrected chi connectivity index (χ4v) is 2.40. The predicted octanol–water partition coefficient (Wildman–Crippen LogP) is 0.836. The summed E-state index contributed by atoms with van der Waals surface area (Å²) in [5.74, 6) is -0.396. The molecule has 3 N–H and O–H groups in total. The Balaban J connectivity index is 1.80. The van der Waals surface area contributed by atoms with Crippen molar-refractivity contribution in [3.63, 3.8) is 0 Å². The third kappa shape index (κ3) is 5.74. The lowest BCUT2D eigenvalue weighted by atomic mass is 10.2. The number of carbonyl (C=O) groups is 1. The van der Waals surface area contributed by atoms with Crippen LogP contribution >= 0.6 is 0 Å². The number of nitrogens with zero attached hydrogens (tertiary/aromatic N) is 2. The van der Waals surface area contributed by atoms with Crippen molar-refractivity contribution in [1.82, 2.24) is 15.5 Å². The highest BCUT2D eigenvalue weighted by Gasteiger charge is 2.10. The molecular weight excluding hydrogens is 290 g/mol. The van der Waals surface area contributed by atoms with Gasteiger partial charge in [-0.3, -0.25) is 9.69 Å². The summed E-state index contributed by atoms with van der Waals surface area (Å²) in [6.45, 7) is 7.65. The highest BCUT2D eigenvalue weighted by molar-refractivity contribution is 6.06. The minimum atomic E-state index is -0.396. The fourth-order valence-electron chi connectivity index (χ4n) is 2.40. The van der Waals surface area contributed by atoms with Crippen LogP contribution in [-0.2, 0) is 4.79 Å². The number of aryl methyl sites for hydroxylation is 1. The summed E-state index contributed by atoms with van der Waals surface area (Å²) < 4.78 is 0. The Morgan fingerprint density at radius 2 is 2.22 bits per heavy atom. The predicted molar refractivity (Wildman–Crippen MR) is 90.8 cm³/mol. The lowest BCUT2D eigenvalue weighted by molar-refractivity contribution is -0.112. The third-order valence-electron chi connectivity index (χ3n) is 3.67. The zero-order chi connectivity index (χ0) is 16.5. The van der Waals surface area contributed by atoms with Gasteiger partial charge in [0.2, 0.25) is 0 Å². The molecule has 0 unspecified atom stereocenters. The van der Waals surface area contributed by atoms with Gasteiger partial charge < -0.3 is 16.0 Å². The molecule has 0 saturated carbocycles. The van der Waals surface area contributed by atoms with Gasteiger partial charge in [-0.05, 0) is 24.6 Å². The van der Waals surface area contributed by atoms with Crippen molar-refractivity contribution in [2.24, 2.45) is 0 Å². The number of anilines is 1. The lowest BCUT2D eigenvalue weighted by Crippen LogP contribution is -2.45. The van der Waals surface area contributed by atoms with E-state index in [9.17, 15) is 4.79 Å². The number of hydrogen-bond acceptors (Lipinski definition) is 5. The molecule has 0 radical (unpaired) electrons. The largest absolute Gasteiger partial charge is 0.388 e. The number of piperazine rings is 1. The number of amides is 1. The van der Waals surface area contributed by atoms with E-state index >= 15 is 0 Å². The van der Waals surface area contributed by atoms with E-state index in [0.717, 1.165) is 38.3 Å². The van der Waals surface area contributed by atoms with Crippen LogP contribution in [0.25, 0.3) is 0 Å². The van der Waals surface area contributed by atoms with E-state index < -0.39 is 5.91 Å². The van der Waals surface area contributed by atoms with Gasteiger partial charge in [-0.25, -0.2) is 0 Å². The van der Waals surface area contributed by atoms with Crippen LogP contribution < -0.4 is 16.0 Å². The number of rotatable bonds is 6. The first-order chi connectivity index (χ1) is 11.2. The topological polar surface area (TPSA) is 80.2 Å². The minimum absolute atomic E-state index is 0.0758. The van der Waals surface area contributed by atoms with Crippen molar-refractivity contribution in [2.45, 2.75) is 6.92 Å². The average Bonchev–Trinajstić information content (AvgIpc) is 2.56. The average molecular weight is 313 g/mol. The monoisotopic (exact) mass is 313 g/mol. The van der Waals surface area contributed by atoms with Gasteiger partial charge in [0.05, 0.1) is 0 Å². The normalized spacial score (nSPS) is 15.7. The molecule has 23 heavy (non-hydrogen) atoms. The Morgan fingerprint density at radius 3 is 2.91 bits per heavy atom. The molecule has 1 amide bonds. The molecule has 0 bridgehead atoms. The first kappa shape index (κ1) is 17.0. The number of benzene rings is 1. The third-order valence-corrected chi connectivity index (χ3v) is 3.67. The van der Waals surface area contributed by atoms with E-state index in [2.05, 4.69) is 20.9 Å². The molecule has 1 aromatic carbocycles. The van der Waals surface area contributed by atoms with Crippen molar-refractivity contribution in [1.29, 1.82) is 5.26 Å². The maximum atomic E-state index is 12.1. The Hall–Kier alpha value is -2.36. The van der Waals surface area contributed by atoms with Crippen molar-refractivity contribution in [2.75, 3.05) is 44.6 Å². The molecule has 122 valence electrons. The van der Waals surface area contributed by atoms with Gasteiger partial charge >= 0.3 is 0 Å². The molecular formula is C17H23N5O. The van der Waals surface area contributed by atoms with Gasteiger partial charge in [-0.1, -0.05) is 12.1 Å². The molecule has 1 aliphatic heterocycles.